The van der Waals surface area contributed by atoms with Gasteiger partial charge in [0.05, 0.1) is 19.1 Å². The number of piperidine rings is 1. The second-order valence-electron chi connectivity index (χ2n) is 10.3. The van der Waals surface area contributed by atoms with Crippen molar-refractivity contribution in [2.45, 2.75) is 37.8 Å². The summed E-state index contributed by atoms with van der Waals surface area (Å²) in [5.41, 5.74) is 2.42. The lowest BCUT2D eigenvalue weighted by molar-refractivity contribution is -0.137. The van der Waals surface area contributed by atoms with Crippen molar-refractivity contribution in [2.75, 3.05) is 31.6 Å². The molecule has 1 N–H and O–H groups in total. The molecular weight excluding hydrogens is 509 g/mol. The number of fused-ring (bicyclic) bond motifs is 2. The molecule has 0 unspecified atom stereocenters. The number of likely N-dealkylation sites (tertiary alicyclic amines) is 1. The summed E-state index contributed by atoms with van der Waals surface area (Å²) >= 11 is 0. The molecule has 6 nitrogen and oxygen atoms in total. The Morgan fingerprint density at radius 1 is 1.03 bits per heavy atom. The topological polar surface area (TPSA) is 70.1 Å². The minimum absolute atomic E-state index is 0.0167. The number of ether oxygens (including phenoxy) is 1. The van der Waals surface area contributed by atoms with Crippen molar-refractivity contribution in [3.8, 4) is 11.5 Å². The molecule has 2 aliphatic rings. The van der Waals surface area contributed by atoms with Gasteiger partial charge in [-0.15, -0.1) is 0 Å². The summed E-state index contributed by atoms with van der Waals surface area (Å²) in [5, 5.41) is 10.1. The molecule has 3 aromatic rings. The summed E-state index contributed by atoms with van der Waals surface area (Å²) in [7, 11) is 1.46. The molecule has 9 heteroatoms. The van der Waals surface area contributed by atoms with E-state index in [9.17, 15) is 27.9 Å². The van der Waals surface area contributed by atoms with E-state index in [2.05, 4.69) is 6.07 Å². The fourth-order valence-electron chi connectivity index (χ4n) is 5.70. The van der Waals surface area contributed by atoms with E-state index in [1.165, 1.54) is 25.3 Å². The highest BCUT2D eigenvalue weighted by atomic mass is 19.4. The number of hydrogen-bond donors (Lipinski definition) is 1. The standard InChI is InChI=1S/C30H29F3N2O4/c1-19-6-8-24-23(14-19)29(18-35(24)27(37)16-20-7-9-26(39-2)25(36)15-20)10-12-34(13-11-29)28(38)21-4-3-5-22(17-21)30(31,32)33/h3-9,14-15,17,36H,10-13,16,18H2,1-2H3. The molecular formula is C30H29F3N2O4. The summed E-state index contributed by atoms with van der Waals surface area (Å²) < 4.78 is 44.6. The quantitative estimate of drug-likeness (QED) is 0.477. The predicted octanol–water partition coefficient (Wildman–Crippen LogP) is 5.49. The van der Waals surface area contributed by atoms with Gasteiger partial charge in [0.25, 0.3) is 5.91 Å². The largest absolute Gasteiger partial charge is 0.504 e. The highest BCUT2D eigenvalue weighted by Crippen LogP contribution is 2.48. The van der Waals surface area contributed by atoms with Gasteiger partial charge in [0.2, 0.25) is 5.91 Å². The minimum Gasteiger partial charge on any atom is -0.504 e. The molecule has 204 valence electrons. The van der Waals surface area contributed by atoms with Crippen LogP contribution in [0, 0.1) is 6.92 Å². The van der Waals surface area contributed by atoms with Gasteiger partial charge in [-0.1, -0.05) is 29.8 Å². The SMILES string of the molecule is COc1ccc(CC(=O)N2CC3(CCN(C(=O)c4cccc(C(F)(F)F)c4)CC3)c3cc(C)ccc32)cc1O. The Hall–Kier alpha value is -4.01. The van der Waals surface area contributed by atoms with Crippen LogP contribution in [0.1, 0.15) is 45.5 Å². The first kappa shape index (κ1) is 26.6. The van der Waals surface area contributed by atoms with E-state index in [0.717, 1.165) is 28.9 Å². The fourth-order valence-corrected chi connectivity index (χ4v) is 5.70. The molecule has 0 atom stereocenters. The van der Waals surface area contributed by atoms with Gasteiger partial charge in [-0.25, -0.2) is 0 Å². The number of carbonyl (C=O) groups excluding carboxylic acids is 2. The lowest BCUT2D eigenvalue weighted by Crippen LogP contribution is -2.48. The Morgan fingerprint density at radius 2 is 1.77 bits per heavy atom. The van der Waals surface area contributed by atoms with Crippen molar-refractivity contribution < 1.29 is 32.6 Å². The highest BCUT2D eigenvalue weighted by molar-refractivity contribution is 5.98. The van der Waals surface area contributed by atoms with Crippen LogP contribution >= 0.6 is 0 Å². The number of nitrogens with zero attached hydrogens (tertiary/aromatic N) is 2. The van der Waals surface area contributed by atoms with E-state index in [1.807, 2.05) is 19.1 Å². The molecule has 0 aromatic heterocycles. The second-order valence-corrected chi connectivity index (χ2v) is 10.3. The monoisotopic (exact) mass is 538 g/mol. The van der Waals surface area contributed by atoms with Crippen LogP contribution in [0.5, 0.6) is 11.5 Å². The minimum atomic E-state index is -4.52. The molecule has 39 heavy (non-hydrogen) atoms. The van der Waals surface area contributed by atoms with Gasteiger partial charge in [-0.2, -0.15) is 13.2 Å². The van der Waals surface area contributed by atoms with E-state index in [4.69, 9.17) is 4.74 Å². The molecule has 5 rings (SSSR count). The molecule has 3 aromatic carbocycles. The zero-order chi connectivity index (χ0) is 27.9. The van der Waals surface area contributed by atoms with E-state index in [0.29, 0.717) is 43.8 Å². The third kappa shape index (κ3) is 5.05. The Kier molecular flexibility index (Phi) is 6.78. The van der Waals surface area contributed by atoms with Crippen LogP contribution < -0.4 is 9.64 Å². The van der Waals surface area contributed by atoms with Crippen LogP contribution in [-0.4, -0.2) is 48.6 Å². The second kappa shape index (κ2) is 9.94. The van der Waals surface area contributed by atoms with Crippen molar-refractivity contribution in [3.63, 3.8) is 0 Å². The number of rotatable bonds is 4. The van der Waals surface area contributed by atoms with Crippen LogP contribution in [0.15, 0.2) is 60.7 Å². The molecule has 0 bridgehead atoms. The number of phenols is 1. The number of methoxy groups -OCH3 is 1. The molecule has 0 aliphatic carbocycles. The highest BCUT2D eigenvalue weighted by Gasteiger charge is 2.47. The fraction of sp³-hybridized carbons (Fsp3) is 0.333. The third-order valence-electron chi connectivity index (χ3n) is 7.82. The maximum Gasteiger partial charge on any atom is 0.416 e. The Balaban J connectivity index is 1.35. The first-order valence-electron chi connectivity index (χ1n) is 12.7. The Morgan fingerprint density at radius 3 is 2.44 bits per heavy atom. The van der Waals surface area contributed by atoms with Gasteiger partial charge in [-0.3, -0.25) is 9.59 Å². The number of phenolic OH excluding ortho intramolecular Hbond substituents is 1. The normalized spacial score (nSPS) is 16.3. The van der Waals surface area contributed by atoms with Crippen molar-refractivity contribution in [1.82, 2.24) is 4.90 Å². The summed E-state index contributed by atoms with van der Waals surface area (Å²) in [4.78, 5) is 30.0. The lowest BCUT2D eigenvalue weighted by atomic mass is 9.74. The Bertz CT molecular complexity index is 1430. The molecule has 2 aliphatic heterocycles. The van der Waals surface area contributed by atoms with Crippen LogP contribution in [0.3, 0.4) is 0 Å². The number of alkyl halides is 3. The van der Waals surface area contributed by atoms with E-state index < -0.39 is 17.6 Å². The summed E-state index contributed by atoms with van der Waals surface area (Å²) in [6, 6.07) is 15.4. The van der Waals surface area contributed by atoms with E-state index in [1.54, 1.807) is 21.9 Å². The zero-order valence-electron chi connectivity index (χ0n) is 21.7. The summed E-state index contributed by atoms with van der Waals surface area (Å²) in [6.07, 6.45) is -3.25. The van der Waals surface area contributed by atoms with Crippen molar-refractivity contribution in [2.24, 2.45) is 0 Å². The van der Waals surface area contributed by atoms with Crippen molar-refractivity contribution in [1.29, 1.82) is 0 Å². The number of amides is 2. The van der Waals surface area contributed by atoms with Gasteiger partial charge in [-0.05, 0) is 67.3 Å². The average Bonchev–Trinajstić information content (AvgIpc) is 3.21. The van der Waals surface area contributed by atoms with Crippen molar-refractivity contribution in [3.05, 3.63) is 88.5 Å². The number of aromatic hydroxyl groups is 1. The molecule has 1 saturated heterocycles. The van der Waals surface area contributed by atoms with Gasteiger partial charge in [0.1, 0.15) is 0 Å². The van der Waals surface area contributed by atoms with Crippen LogP contribution in [0.25, 0.3) is 0 Å². The molecule has 2 amide bonds. The smallest absolute Gasteiger partial charge is 0.416 e. The van der Waals surface area contributed by atoms with Gasteiger partial charge >= 0.3 is 6.18 Å². The molecule has 1 spiro atoms. The summed E-state index contributed by atoms with van der Waals surface area (Å²) in [6.45, 7) is 3.19. The number of halogens is 3. The lowest BCUT2D eigenvalue weighted by Gasteiger charge is -2.40. The molecule has 0 radical (unpaired) electrons. The third-order valence-corrected chi connectivity index (χ3v) is 7.82. The average molecular weight is 539 g/mol. The number of carbonyl (C=O) groups is 2. The molecule has 1 fully saturated rings. The van der Waals surface area contributed by atoms with Crippen LogP contribution in [0.2, 0.25) is 0 Å². The first-order valence-corrected chi connectivity index (χ1v) is 12.7. The maximum atomic E-state index is 13.5. The van der Waals surface area contributed by atoms with Crippen molar-refractivity contribution >= 4 is 17.5 Å². The first-order chi connectivity index (χ1) is 18.5. The number of anilines is 1. The van der Waals surface area contributed by atoms with E-state index in [-0.39, 0.29) is 29.1 Å². The number of aryl methyl sites for hydroxylation is 1. The van der Waals surface area contributed by atoms with Gasteiger partial charge < -0.3 is 19.6 Å². The molecule has 0 saturated carbocycles. The zero-order valence-corrected chi connectivity index (χ0v) is 21.7. The van der Waals surface area contributed by atoms with E-state index >= 15 is 0 Å². The maximum absolute atomic E-state index is 13.5. The Labute approximate surface area is 224 Å². The predicted molar refractivity (Wildman–Crippen MR) is 140 cm³/mol. The van der Waals surface area contributed by atoms with Gasteiger partial charge in [0, 0.05) is 36.3 Å². The van der Waals surface area contributed by atoms with Gasteiger partial charge in [0.15, 0.2) is 11.5 Å². The molecule has 2 heterocycles. The van der Waals surface area contributed by atoms with Crippen LogP contribution in [0.4, 0.5) is 18.9 Å². The summed E-state index contributed by atoms with van der Waals surface area (Å²) in [5.74, 6) is -0.234. The number of hydrogen-bond acceptors (Lipinski definition) is 4. The van der Waals surface area contributed by atoms with Crippen LogP contribution in [-0.2, 0) is 22.8 Å². The number of benzene rings is 3.